The molecule has 0 bridgehead atoms. The van der Waals surface area contributed by atoms with E-state index in [1.165, 1.54) is 0 Å². The monoisotopic (exact) mass is 491 g/mol. The highest BCUT2D eigenvalue weighted by atomic mass is 35.5. The van der Waals surface area contributed by atoms with Crippen molar-refractivity contribution >= 4 is 43.7 Å². The number of rotatable bonds is 4. The Morgan fingerprint density at radius 2 is 2.03 bits per heavy atom. The fraction of sp³-hybridized carbons (Fsp3) is 0.286. The lowest BCUT2D eigenvalue weighted by Gasteiger charge is -2.34. The third kappa shape index (κ3) is 4.68. The molecule has 1 aliphatic heterocycles. The minimum Gasteiger partial charge on any atom is -0.507 e. The Kier molecular flexibility index (Phi) is 6.35. The number of hydrogen-bond donors (Lipinski definition) is 4. The van der Waals surface area contributed by atoms with Crippen molar-refractivity contribution in [3.63, 3.8) is 0 Å². The molecule has 0 saturated carbocycles. The molecule has 172 valence electrons. The molecule has 4 rings (SSSR count). The van der Waals surface area contributed by atoms with Crippen molar-refractivity contribution in [1.29, 1.82) is 0 Å². The predicted octanol–water partition coefficient (Wildman–Crippen LogP) is 1.86. The van der Waals surface area contributed by atoms with Crippen LogP contribution in [-0.2, 0) is 4.57 Å². The van der Waals surface area contributed by atoms with Gasteiger partial charge in [0.15, 0.2) is 5.43 Å². The normalized spacial score (nSPS) is 19.7. The Morgan fingerprint density at radius 3 is 2.70 bits per heavy atom. The van der Waals surface area contributed by atoms with Crippen molar-refractivity contribution in [1.82, 2.24) is 4.90 Å². The van der Waals surface area contributed by atoms with Crippen LogP contribution in [0.4, 0.5) is 0 Å². The van der Waals surface area contributed by atoms with E-state index >= 15 is 0 Å². The molecule has 1 fully saturated rings. The number of aliphatic hydroxyl groups excluding tert-OH is 1. The second kappa shape index (κ2) is 8.79. The number of halogens is 1. The van der Waals surface area contributed by atoms with E-state index in [-0.39, 0.29) is 45.1 Å². The summed E-state index contributed by atoms with van der Waals surface area (Å²) in [5.41, 5.74) is -0.136. The van der Waals surface area contributed by atoms with Gasteiger partial charge in [0.05, 0.1) is 6.10 Å². The molecule has 2 heterocycles. The largest absolute Gasteiger partial charge is 0.524 e. The average Bonchev–Trinajstić information content (AvgIpc) is 2.69. The molecule has 3 aromatic rings. The smallest absolute Gasteiger partial charge is 0.507 e. The minimum atomic E-state index is -5.05. The van der Waals surface area contributed by atoms with Crippen molar-refractivity contribution in [2.24, 2.45) is 0 Å². The van der Waals surface area contributed by atoms with Crippen LogP contribution in [0, 0.1) is 0 Å². The van der Waals surface area contributed by atoms with Crippen molar-refractivity contribution in [2.45, 2.75) is 18.4 Å². The molecule has 0 spiro atoms. The van der Waals surface area contributed by atoms with Crippen LogP contribution >= 0.6 is 19.4 Å². The summed E-state index contributed by atoms with van der Waals surface area (Å²) in [5, 5.41) is 21.2. The van der Waals surface area contributed by atoms with Gasteiger partial charge in [-0.15, -0.1) is 0 Å². The first-order valence-electron chi connectivity index (χ1n) is 9.96. The zero-order chi connectivity index (χ0) is 24.1. The molecule has 33 heavy (non-hydrogen) atoms. The van der Waals surface area contributed by atoms with E-state index in [9.17, 15) is 29.4 Å². The lowest BCUT2D eigenvalue weighted by atomic mass is 9.85. The van der Waals surface area contributed by atoms with Gasteiger partial charge >= 0.3 is 7.82 Å². The van der Waals surface area contributed by atoms with Crippen LogP contribution in [0.1, 0.15) is 17.9 Å². The molecule has 0 amide bonds. The molecular weight excluding hydrogens is 471 g/mol. The number of phosphoric ester groups is 1. The molecule has 12 heteroatoms. The minimum absolute atomic E-state index is 0.0289. The quantitative estimate of drug-likeness (QED) is 0.318. The summed E-state index contributed by atoms with van der Waals surface area (Å²) in [6.45, 7) is 0.831. The summed E-state index contributed by atoms with van der Waals surface area (Å²) in [7, 11) is 2.64. The Hall–Kier alpha value is -2.33. The lowest BCUT2D eigenvalue weighted by Crippen LogP contribution is -2.40. The molecule has 9 nitrogen and oxygen atoms in total. The molecule has 1 aromatic heterocycles. The van der Waals surface area contributed by atoms with Crippen LogP contribution in [-0.4, -0.2) is 59.0 Å². The average molecular weight is 492 g/mol. The molecule has 2 atom stereocenters. The van der Waals surface area contributed by atoms with E-state index in [4.69, 9.17) is 28.4 Å². The number of β-amino-alcohol motifs (C(OH)–C–C–N with tert-alkyl or cyclic N) is 1. The van der Waals surface area contributed by atoms with E-state index in [1.54, 1.807) is 18.2 Å². The number of likely N-dealkylation sites (tertiary alicyclic amines) is 1. The van der Waals surface area contributed by atoms with Crippen LogP contribution in [0.3, 0.4) is 0 Å². The van der Waals surface area contributed by atoms with Crippen LogP contribution < -0.4 is 15.4 Å². The first-order valence-corrected chi connectivity index (χ1v) is 11.9. The fourth-order valence-electron chi connectivity index (χ4n) is 4.17. The van der Waals surface area contributed by atoms with Gasteiger partial charge in [-0.05, 0) is 26.1 Å². The van der Waals surface area contributed by atoms with E-state index in [2.05, 4.69) is 0 Å². The fourth-order valence-corrected chi connectivity index (χ4v) is 4.79. The summed E-state index contributed by atoms with van der Waals surface area (Å²) in [4.78, 5) is 33.7. The highest BCUT2D eigenvalue weighted by Crippen LogP contribution is 2.48. The second-order valence-electron chi connectivity index (χ2n) is 8.00. The van der Waals surface area contributed by atoms with Crippen molar-refractivity contribution in [3.8, 4) is 22.8 Å². The zero-order valence-electron chi connectivity index (χ0n) is 17.4. The molecule has 4 N–H and O–H groups in total. The summed E-state index contributed by atoms with van der Waals surface area (Å²) in [5.74, 6) is -1.64. The Balaban J connectivity index is 2.06. The van der Waals surface area contributed by atoms with Gasteiger partial charge < -0.3 is 24.1 Å². The van der Waals surface area contributed by atoms with Crippen molar-refractivity contribution in [2.75, 3.05) is 20.1 Å². The SMILES string of the molecule is [B]c1cccc(-c2cc(=O)c3c(O)cc(OP(=O)(O)O)c(C4CCN(C)CC4O)c3o2)c1Cl. The number of phosphoric acid groups is 1. The number of phenolic OH excluding ortho intramolecular Hbond substituents is 1. The number of likely N-dealkylation sites (N-methyl/N-ethyl adjacent to an activating group) is 1. The van der Waals surface area contributed by atoms with E-state index in [0.29, 0.717) is 18.5 Å². The Labute approximate surface area is 194 Å². The molecule has 2 unspecified atom stereocenters. The predicted molar refractivity (Wildman–Crippen MR) is 124 cm³/mol. The number of phenols is 1. The maximum Gasteiger partial charge on any atom is 0.524 e. The van der Waals surface area contributed by atoms with E-state index in [0.717, 1.165) is 12.1 Å². The third-order valence-corrected chi connectivity index (χ3v) is 6.51. The summed E-state index contributed by atoms with van der Waals surface area (Å²) < 4.78 is 22.5. The second-order valence-corrected chi connectivity index (χ2v) is 9.54. The molecule has 1 saturated heterocycles. The van der Waals surface area contributed by atoms with Gasteiger partial charge in [-0.1, -0.05) is 29.2 Å². The summed E-state index contributed by atoms with van der Waals surface area (Å²) >= 11 is 6.30. The standard InChI is InChI=1S/C21H20BClNO8P/c1-24-6-5-10(15(27)9-24)18-17(32-33(28,29)30)8-14(26)19-13(25)7-16(31-21(18)19)11-3-2-4-12(22)20(11)23/h2-4,7-8,10,15,26-27H,5-6,9H2,1H3,(H2,28,29,30). The lowest BCUT2D eigenvalue weighted by molar-refractivity contribution is 0.0632. The van der Waals surface area contributed by atoms with Crippen LogP contribution in [0.2, 0.25) is 5.02 Å². The maximum absolute atomic E-state index is 13.0. The van der Waals surface area contributed by atoms with Gasteiger partial charge in [0.2, 0.25) is 0 Å². The first-order chi connectivity index (χ1) is 15.5. The molecule has 0 aliphatic carbocycles. The number of nitrogens with zero attached hydrogens (tertiary/aromatic N) is 1. The Bertz CT molecular complexity index is 1340. The van der Waals surface area contributed by atoms with Gasteiger partial charge in [-0.25, -0.2) is 4.57 Å². The Morgan fingerprint density at radius 1 is 1.30 bits per heavy atom. The van der Waals surface area contributed by atoms with E-state index in [1.807, 2.05) is 11.9 Å². The topological polar surface area (TPSA) is 141 Å². The highest BCUT2D eigenvalue weighted by Gasteiger charge is 2.35. The van der Waals surface area contributed by atoms with Gasteiger partial charge in [-0.3, -0.25) is 14.6 Å². The molecule has 1 aliphatic rings. The van der Waals surface area contributed by atoms with E-state index < -0.39 is 31.0 Å². The van der Waals surface area contributed by atoms with Crippen LogP contribution in [0.5, 0.6) is 11.5 Å². The first kappa shape index (κ1) is 23.8. The molecule has 2 aromatic carbocycles. The molecule has 2 radical (unpaired) electrons. The highest BCUT2D eigenvalue weighted by molar-refractivity contribution is 7.46. The number of hydrogen-bond acceptors (Lipinski definition) is 7. The third-order valence-electron chi connectivity index (χ3n) is 5.65. The number of aliphatic hydroxyl groups is 1. The molecular formula is C21H20BClNO8P. The number of benzene rings is 2. The van der Waals surface area contributed by atoms with Crippen LogP contribution in [0.25, 0.3) is 22.3 Å². The van der Waals surface area contributed by atoms with Gasteiger partial charge in [-0.2, -0.15) is 0 Å². The number of fused-ring (bicyclic) bond motifs is 1. The van der Waals surface area contributed by atoms with Gasteiger partial charge in [0.1, 0.15) is 36.1 Å². The maximum atomic E-state index is 13.0. The number of piperidine rings is 1. The van der Waals surface area contributed by atoms with Crippen molar-refractivity contribution < 1.29 is 33.5 Å². The van der Waals surface area contributed by atoms with Crippen molar-refractivity contribution in [3.05, 3.63) is 51.1 Å². The van der Waals surface area contributed by atoms with Gasteiger partial charge in [0, 0.05) is 40.7 Å². The summed E-state index contributed by atoms with van der Waals surface area (Å²) in [6, 6.07) is 6.87. The summed E-state index contributed by atoms with van der Waals surface area (Å²) in [6.07, 6.45) is -0.581. The van der Waals surface area contributed by atoms with Crippen LogP contribution in [0.15, 0.2) is 39.5 Å². The number of aromatic hydroxyl groups is 1. The van der Waals surface area contributed by atoms with Gasteiger partial charge in [0.25, 0.3) is 0 Å². The zero-order valence-corrected chi connectivity index (χ0v) is 19.1.